The maximum Gasteiger partial charge on any atom is 0.253 e. The van der Waals surface area contributed by atoms with Crippen molar-refractivity contribution in [1.29, 1.82) is 0 Å². The minimum Gasteiger partial charge on any atom is -0.338 e. The van der Waals surface area contributed by atoms with Crippen molar-refractivity contribution < 1.29 is 9.59 Å². The van der Waals surface area contributed by atoms with Gasteiger partial charge in [0.05, 0.1) is 21.8 Å². The molecule has 5 rings (SSSR count). The van der Waals surface area contributed by atoms with Gasteiger partial charge in [-0.05, 0) is 61.4 Å². The van der Waals surface area contributed by atoms with Crippen molar-refractivity contribution in [3.8, 4) is 10.6 Å². The average Bonchev–Trinajstić information content (AvgIpc) is 3.29. The summed E-state index contributed by atoms with van der Waals surface area (Å²) in [6, 6.07) is 22.6. The predicted octanol–water partition coefficient (Wildman–Crippen LogP) is 6.11. The Labute approximate surface area is 201 Å². The number of hydrogen-bond acceptors (Lipinski definition) is 4. The number of carbonyl (C=O) groups excluding carboxylic acids is 2. The van der Waals surface area contributed by atoms with E-state index in [0.717, 1.165) is 39.3 Å². The SMILES string of the molecule is O=C(Nc1ccccc1-c1nc2ccccc2s1)C1CCCN(C(=O)c2ccc(Cl)cc2)C1. The highest BCUT2D eigenvalue weighted by molar-refractivity contribution is 7.21. The number of hydrogen-bond donors (Lipinski definition) is 1. The fourth-order valence-electron chi connectivity index (χ4n) is 4.15. The maximum absolute atomic E-state index is 13.2. The number of halogens is 1. The molecule has 7 heteroatoms. The molecule has 2 heterocycles. The lowest BCUT2D eigenvalue weighted by molar-refractivity contribution is -0.121. The van der Waals surface area contributed by atoms with Crippen molar-refractivity contribution in [2.24, 2.45) is 5.92 Å². The number of rotatable bonds is 4. The van der Waals surface area contributed by atoms with Crippen molar-refractivity contribution >= 4 is 50.7 Å². The van der Waals surface area contributed by atoms with Crippen molar-refractivity contribution in [3.05, 3.63) is 83.4 Å². The molecule has 1 atom stereocenters. The van der Waals surface area contributed by atoms with Gasteiger partial charge in [0.1, 0.15) is 5.01 Å². The molecule has 1 saturated heterocycles. The third-order valence-electron chi connectivity index (χ3n) is 5.88. The van der Waals surface area contributed by atoms with E-state index >= 15 is 0 Å². The Morgan fingerprint density at radius 2 is 1.76 bits per heavy atom. The van der Waals surface area contributed by atoms with Crippen LogP contribution in [0.4, 0.5) is 5.69 Å². The van der Waals surface area contributed by atoms with E-state index in [-0.39, 0.29) is 17.7 Å². The van der Waals surface area contributed by atoms with Gasteiger partial charge in [-0.15, -0.1) is 11.3 Å². The van der Waals surface area contributed by atoms with Crippen molar-refractivity contribution in [2.45, 2.75) is 12.8 Å². The number of amides is 2. The van der Waals surface area contributed by atoms with Gasteiger partial charge < -0.3 is 10.2 Å². The number of aromatic nitrogens is 1. The number of thiazole rings is 1. The van der Waals surface area contributed by atoms with Crippen LogP contribution in [0.3, 0.4) is 0 Å². The number of anilines is 1. The van der Waals surface area contributed by atoms with E-state index in [1.165, 1.54) is 0 Å². The zero-order valence-corrected chi connectivity index (χ0v) is 19.4. The Hall–Kier alpha value is -3.22. The molecule has 1 aliphatic rings. The molecule has 1 unspecified atom stereocenters. The monoisotopic (exact) mass is 475 g/mol. The van der Waals surface area contributed by atoms with Crippen LogP contribution in [-0.4, -0.2) is 34.8 Å². The van der Waals surface area contributed by atoms with E-state index < -0.39 is 0 Å². The number of nitrogens with zero attached hydrogens (tertiary/aromatic N) is 2. The number of likely N-dealkylation sites (tertiary alicyclic amines) is 1. The average molecular weight is 476 g/mol. The quantitative estimate of drug-likeness (QED) is 0.387. The lowest BCUT2D eigenvalue weighted by atomic mass is 9.96. The smallest absolute Gasteiger partial charge is 0.253 e. The normalized spacial score (nSPS) is 16.0. The van der Waals surface area contributed by atoms with Gasteiger partial charge in [-0.2, -0.15) is 0 Å². The topological polar surface area (TPSA) is 62.3 Å². The summed E-state index contributed by atoms with van der Waals surface area (Å²) in [4.78, 5) is 32.6. The number of benzene rings is 3. The predicted molar refractivity (Wildman–Crippen MR) is 134 cm³/mol. The number of piperidine rings is 1. The van der Waals surface area contributed by atoms with Gasteiger partial charge >= 0.3 is 0 Å². The Kier molecular flexibility index (Phi) is 6.11. The molecule has 0 spiro atoms. The Bertz CT molecular complexity index is 1290. The fourth-order valence-corrected chi connectivity index (χ4v) is 5.28. The first kappa shape index (κ1) is 21.6. The van der Waals surface area contributed by atoms with E-state index in [0.29, 0.717) is 23.7 Å². The fraction of sp³-hybridized carbons (Fsp3) is 0.192. The van der Waals surface area contributed by atoms with Gasteiger partial charge in [-0.25, -0.2) is 4.98 Å². The second-order valence-corrected chi connectivity index (χ2v) is 9.59. The Balaban J connectivity index is 1.32. The summed E-state index contributed by atoms with van der Waals surface area (Å²) in [6.45, 7) is 1.05. The summed E-state index contributed by atoms with van der Waals surface area (Å²) in [5.41, 5.74) is 3.17. The van der Waals surface area contributed by atoms with Crippen LogP contribution < -0.4 is 5.32 Å². The summed E-state index contributed by atoms with van der Waals surface area (Å²) in [5.74, 6) is -0.408. The summed E-state index contributed by atoms with van der Waals surface area (Å²) in [5, 5.41) is 4.56. The molecule has 5 nitrogen and oxygen atoms in total. The molecule has 4 aromatic rings. The van der Waals surface area contributed by atoms with Gasteiger partial charge in [0.25, 0.3) is 5.91 Å². The van der Waals surface area contributed by atoms with E-state index in [9.17, 15) is 9.59 Å². The highest BCUT2D eigenvalue weighted by Gasteiger charge is 2.29. The number of fused-ring (bicyclic) bond motifs is 1. The second-order valence-electron chi connectivity index (χ2n) is 8.12. The maximum atomic E-state index is 13.2. The summed E-state index contributed by atoms with van der Waals surface area (Å²) < 4.78 is 1.11. The first-order valence-corrected chi connectivity index (χ1v) is 12.1. The van der Waals surface area contributed by atoms with Crippen molar-refractivity contribution in [1.82, 2.24) is 9.88 Å². The van der Waals surface area contributed by atoms with Crippen molar-refractivity contribution in [2.75, 3.05) is 18.4 Å². The van der Waals surface area contributed by atoms with E-state index in [1.807, 2.05) is 48.5 Å². The third-order valence-corrected chi connectivity index (χ3v) is 7.20. The van der Waals surface area contributed by atoms with Crippen molar-refractivity contribution in [3.63, 3.8) is 0 Å². The van der Waals surface area contributed by atoms with Gasteiger partial charge in [0.15, 0.2) is 0 Å². The van der Waals surface area contributed by atoms with Crippen LogP contribution in [0.25, 0.3) is 20.8 Å². The molecule has 1 N–H and O–H groups in total. The summed E-state index contributed by atoms with van der Waals surface area (Å²) in [7, 11) is 0. The van der Waals surface area contributed by atoms with Crippen LogP contribution in [0, 0.1) is 5.92 Å². The Morgan fingerprint density at radius 1 is 1.00 bits per heavy atom. The van der Waals surface area contributed by atoms with Crippen LogP contribution in [0.5, 0.6) is 0 Å². The molecule has 0 saturated carbocycles. The third kappa shape index (κ3) is 4.63. The lowest BCUT2D eigenvalue weighted by Crippen LogP contribution is -2.43. The molecule has 33 heavy (non-hydrogen) atoms. The first-order valence-electron chi connectivity index (χ1n) is 10.9. The van der Waals surface area contributed by atoms with Crippen LogP contribution >= 0.6 is 22.9 Å². The van der Waals surface area contributed by atoms with Crippen LogP contribution in [0.15, 0.2) is 72.8 Å². The zero-order valence-electron chi connectivity index (χ0n) is 17.8. The summed E-state index contributed by atoms with van der Waals surface area (Å²) >= 11 is 7.55. The van der Waals surface area contributed by atoms with Gasteiger partial charge in [-0.3, -0.25) is 9.59 Å². The highest BCUT2D eigenvalue weighted by Crippen LogP contribution is 2.35. The largest absolute Gasteiger partial charge is 0.338 e. The van der Waals surface area contributed by atoms with E-state index in [1.54, 1.807) is 40.5 Å². The molecule has 0 aliphatic carbocycles. The molecular formula is C26H22ClN3O2S. The standard InChI is InChI=1S/C26H22ClN3O2S/c27-19-13-11-17(12-14-19)26(32)30-15-5-6-18(16-30)24(31)28-21-8-2-1-7-20(21)25-29-22-9-3-4-10-23(22)33-25/h1-4,7-14,18H,5-6,15-16H2,(H,28,31). The minimum absolute atomic E-state index is 0.0703. The number of para-hydroxylation sites is 2. The molecule has 0 bridgehead atoms. The summed E-state index contributed by atoms with van der Waals surface area (Å²) in [6.07, 6.45) is 1.54. The molecule has 0 radical (unpaired) electrons. The van der Waals surface area contributed by atoms with E-state index in [4.69, 9.17) is 16.6 Å². The molecule has 1 aliphatic heterocycles. The number of carbonyl (C=O) groups is 2. The second kappa shape index (κ2) is 9.33. The molecule has 3 aromatic carbocycles. The molecule has 2 amide bonds. The molecule has 166 valence electrons. The molecule has 1 aromatic heterocycles. The van der Waals surface area contributed by atoms with Gasteiger partial charge in [0, 0.05) is 29.2 Å². The lowest BCUT2D eigenvalue weighted by Gasteiger charge is -2.32. The number of nitrogens with one attached hydrogen (secondary N) is 1. The zero-order chi connectivity index (χ0) is 22.8. The minimum atomic E-state index is -0.265. The van der Waals surface area contributed by atoms with Crippen LogP contribution in [0.1, 0.15) is 23.2 Å². The van der Waals surface area contributed by atoms with Crippen LogP contribution in [-0.2, 0) is 4.79 Å². The van der Waals surface area contributed by atoms with Crippen LogP contribution in [0.2, 0.25) is 5.02 Å². The molecular weight excluding hydrogens is 454 g/mol. The Morgan fingerprint density at radius 3 is 2.58 bits per heavy atom. The molecule has 1 fully saturated rings. The highest BCUT2D eigenvalue weighted by atomic mass is 35.5. The van der Waals surface area contributed by atoms with E-state index in [2.05, 4.69) is 5.32 Å². The first-order chi connectivity index (χ1) is 16.1. The van der Waals surface area contributed by atoms with Gasteiger partial charge in [-0.1, -0.05) is 35.9 Å². The van der Waals surface area contributed by atoms with Gasteiger partial charge in [0.2, 0.25) is 5.91 Å².